The van der Waals surface area contributed by atoms with Gasteiger partial charge in [0.1, 0.15) is 5.69 Å². The van der Waals surface area contributed by atoms with Gasteiger partial charge in [-0.1, -0.05) is 31.2 Å². The number of aromatic nitrogens is 1. The minimum absolute atomic E-state index is 0.0618. The molecule has 1 amide bonds. The minimum atomic E-state index is -3.02. The summed E-state index contributed by atoms with van der Waals surface area (Å²) in [7, 11) is -3.02. The van der Waals surface area contributed by atoms with Gasteiger partial charge in [0.25, 0.3) is 5.91 Å². The van der Waals surface area contributed by atoms with Gasteiger partial charge in [-0.25, -0.2) is 13.4 Å². The van der Waals surface area contributed by atoms with Gasteiger partial charge in [0.2, 0.25) is 0 Å². The van der Waals surface area contributed by atoms with Crippen LogP contribution < -0.4 is 0 Å². The average Bonchev–Trinajstić information content (AvgIpc) is 2.91. The summed E-state index contributed by atoms with van der Waals surface area (Å²) in [5.74, 6) is 0.0440. The minimum Gasteiger partial charge on any atom is -0.333 e. The highest BCUT2D eigenvalue weighted by molar-refractivity contribution is 7.91. The molecule has 0 bridgehead atoms. The summed E-state index contributed by atoms with van der Waals surface area (Å²) in [6, 6.07) is 11.0. The van der Waals surface area contributed by atoms with E-state index in [1.165, 1.54) is 0 Å². The van der Waals surface area contributed by atoms with Gasteiger partial charge in [0.05, 0.1) is 17.0 Å². The highest BCUT2D eigenvalue weighted by atomic mass is 32.2. The Morgan fingerprint density at radius 3 is 2.74 bits per heavy atom. The van der Waals surface area contributed by atoms with Crippen LogP contribution >= 0.6 is 0 Å². The molecule has 1 aromatic carbocycles. The Labute approximate surface area is 136 Å². The number of sulfone groups is 1. The van der Waals surface area contributed by atoms with Gasteiger partial charge in [0, 0.05) is 18.0 Å². The molecule has 1 fully saturated rings. The zero-order valence-corrected chi connectivity index (χ0v) is 13.9. The maximum absolute atomic E-state index is 12.8. The van der Waals surface area contributed by atoms with Gasteiger partial charge >= 0.3 is 0 Å². The van der Waals surface area contributed by atoms with Crippen molar-refractivity contribution in [3.8, 4) is 0 Å². The van der Waals surface area contributed by atoms with E-state index in [4.69, 9.17) is 0 Å². The fourth-order valence-electron chi connectivity index (χ4n) is 3.04. The van der Waals surface area contributed by atoms with Crippen LogP contribution in [-0.4, -0.2) is 48.3 Å². The molecule has 23 heavy (non-hydrogen) atoms. The molecule has 1 saturated heterocycles. The van der Waals surface area contributed by atoms with Crippen LogP contribution in [-0.2, 0) is 9.84 Å². The van der Waals surface area contributed by atoms with E-state index in [0.717, 1.165) is 17.3 Å². The van der Waals surface area contributed by atoms with Crippen LogP contribution in [0.3, 0.4) is 0 Å². The lowest BCUT2D eigenvalue weighted by atomic mass is 10.1. The van der Waals surface area contributed by atoms with E-state index in [1.807, 2.05) is 37.3 Å². The fraction of sp³-hybridized carbons (Fsp3) is 0.412. The topological polar surface area (TPSA) is 67.3 Å². The van der Waals surface area contributed by atoms with Crippen molar-refractivity contribution in [2.45, 2.75) is 25.8 Å². The van der Waals surface area contributed by atoms with E-state index >= 15 is 0 Å². The van der Waals surface area contributed by atoms with Crippen LogP contribution in [0.2, 0.25) is 0 Å². The number of hydrogen-bond donors (Lipinski definition) is 0. The number of rotatable bonds is 4. The first-order chi connectivity index (χ1) is 11.0. The zero-order chi connectivity index (χ0) is 16.4. The standard InChI is InChI=1S/C17H20N2O3S/c1-2-10-19(14-9-11-23(21,22)12-14)17(20)16-8-7-13-5-3-4-6-15(13)18-16/h3-8,14H,2,9-12H2,1H3. The van der Waals surface area contributed by atoms with Crippen molar-refractivity contribution in [1.82, 2.24) is 9.88 Å². The summed E-state index contributed by atoms with van der Waals surface area (Å²) in [5.41, 5.74) is 1.15. The highest BCUT2D eigenvalue weighted by Crippen LogP contribution is 2.21. The van der Waals surface area contributed by atoms with Gasteiger partial charge in [-0.05, 0) is 25.0 Å². The summed E-state index contributed by atoms with van der Waals surface area (Å²) in [5, 5.41) is 0.981. The van der Waals surface area contributed by atoms with Gasteiger partial charge in [-0.2, -0.15) is 0 Å². The van der Waals surface area contributed by atoms with Crippen LogP contribution in [0.5, 0.6) is 0 Å². The molecule has 1 atom stereocenters. The molecule has 1 aliphatic rings. The Kier molecular flexibility index (Phi) is 4.35. The Hall–Kier alpha value is -1.95. The van der Waals surface area contributed by atoms with Crippen molar-refractivity contribution < 1.29 is 13.2 Å². The number of carbonyl (C=O) groups excluding carboxylic acids is 1. The molecule has 0 spiro atoms. The van der Waals surface area contributed by atoms with Crippen LogP contribution in [0.15, 0.2) is 36.4 Å². The Morgan fingerprint density at radius 2 is 2.04 bits per heavy atom. The molecule has 2 aromatic rings. The van der Waals surface area contributed by atoms with E-state index in [-0.39, 0.29) is 23.5 Å². The van der Waals surface area contributed by atoms with Crippen molar-refractivity contribution >= 4 is 26.6 Å². The second-order valence-corrected chi connectivity index (χ2v) is 8.17. The largest absolute Gasteiger partial charge is 0.333 e. The molecule has 0 aliphatic carbocycles. The first-order valence-electron chi connectivity index (χ1n) is 7.87. The molecule has 2 heterocycles. The summed E-state index contributed by atoms with van der Waals surface area (Å²) in [6.45, 7) is 2.53. The quantitative estimate of drug-likeness (QED) is 0.861. The van der Waals surface area contributed by atoms with Gasteiger partial charge < -0.3 is 4.90 Å². The molecular weight excluding hydrogens is 312 g/mol. The number of para-hydroxylation sites is 1. The van der Waals surface area contributed by atoms with Gasteiger partial charge in [-0.3, -0.25) is 4.79 Å². The molecule has 1 aromatic heterocycles. The van der Waals surface area contributed by atoms with Crippen LogP contribution in [0.1, 0.15) is 30.3 Å². The van der Waals surface area contributed by atoms with Gasteiger partial charge in [-0.15, -0.1) is 0 Å². The summed E-state index contributed by atoms with van der Waals surface area (Å²) in [4.78, 5) is 19.0. The fourth-order valence-corrected chi connectivity index (χ4v) is 4.78. The Morgan fingerprint density at radius 1 is 1.26 bits per heavy atom. The third kappa shape index (κ3) is 3.37. The summed E-state index contributed by atoms with van der Waals surface area (Å²) >= 11 is 0. The van der Waals surface area contributed by atoms with Crippen LogP contribution in [0.4, 0.5) is 0 Å². The molecule has 3 rings (SSSR count). The first kappa shape index (κ1) is 15.9. The maximum Gasteiger partial charge on any atom is 0.272 e. The lowest BCUT2D eigenvalue weighted by molar-refractivity contribution is 0.0691. The molecule has 0 radical (unpaired) electrons. The third-order valence-electron chi connectivity index (χ3n) is 4.19. The van der Waals surface area contributed by atoms with Crippen molar-refractivity contribution in [3.05, 3.63) is 42.1 Å². The molecule has 0 N–H and O–H groups in total. The second-order valence-electron chi connectivity index (χ2n) is 5.94. The van der Waals surface area contributed by atoms with Gasteiger partial charge in [0.15, 0.2) is 9.84 Å². The number of amides is 1. The molecular formula is C17H20N2O3S. The van der Waals surface area contributed by atoms with E-state index in [0.29, 0.717) is 18.7 Å². The molecule has 6 heteroatoms. The van der Waals surface area contributed by atoms with Crippen molar-refractivity contribution in [1.29, 1.82) is 0 Å². The van der Waals surface area contributed by atoms with E-state index in [1.54, 1.807) is 11.0 Å². The second kappa shape index (κ2) is 6.28. The lowest BCUT2D eigenvalue weighted by Crippen LogP contribution is -2.42. The van der Waals surface area contributed by atoms with Crippen molar-refractivity contribution in [3.63, 3.8) is 0 Å². The first-order valence-corrected chi connectivity index (χ1v) is 9.69. The van der Waals surface area contributed by atoms with Crippen LogP contribution in [0.25, 0.3) is 10.9 Å². The maximum atomic E-state index is 12.8. The van der Waals surface area contributed by atoms with E-state index < -0.39 is 9.84 Å². The lowest BCUT2D eigenvalue weighted by Gasteiger charge is -2.27. The SMILES string of the molecule is CCCN(C(=O)c1ccc2ccccc2n1)C1CCS(=O)(=O)C1. The average molecular weight is 332 g/mol. The predicted molar refractivity (Wildman–Crippen MR) is 90.1 cm³/mol. The summed E-state index contributed by atoms with van der Waals surface area (Å²) in [6.07, 6.45) is 1.30. The molecule has 5 nitrogen and oxygen atoms in total. The number of benzene rings is 1. The predicted octanol–water partition coefficient (Wildman–Crippen LogP) is 2.27. The highest BCUT2D eigenvalue weighted by Gasteiger charge is 2.34. The number of pyridine rings is 1. The Bertz CT molecular complexity index is 833. The normalized spacial score (nSPS) is 19.8. The zero-order valence-electron chi connectivity index (χ0n) is 13.1. The number of nitrogens with zero attached hydrogens (tertiary/aromatic N) is 2. The van der Waals surface area contributed by atoms with Crippen molar-refractivity contribution in [2.75, 3.05) is 18.1 Å². The summed E-state index contributed by atoms with van der Waals surface area (Å²) < 4.78 is 23.5. The molecule has 0 saturated carbocycles. The van der Waals surface area contributed by atoms with Crippen LogP contribution in [0, 0.1) is 0 Å². The molecule has 1 unspecified atom stereocenters. The third-order valence-corrected chi connectivity index (χ3v) is 5.94. The van der Waals surface area contributed by atoms with E-state index in [9.17, 15) is 13.2 Å². The van der Waals surface area contributed by atoms with E-state index in [2.05, 4.69) is 4.98 Å². The molecule has 1 aliphatic heterocycles. The Balaban J connectivity index is 1.90. The smallest absolute Gasteiger partial charge is 0.272 e. The molecule has 122 valence electrons. The number of hydrogen-bond acceptors (Lipinski definition) is 4. The monoisotopic (exact) mass is 332 g/mol. The van der Waals surface area contributed by atoms with Crippen molar-refractivity contribution in [2.24, 2.45) is 0 Å². The number of carbonyl (C=O) groups is 1. The number of fused-ring (bicyclic) bond motifs is 1.